The summed E-state index contributed by atoms with van der Waals surface area (Å²) in [5.41, 5.74) is 0. The van der Waals surface area contributed by atoms with E-state index in [1.54, 1.807) is 13.8 Å². The van der Waals surface area contributed by atoms with Gasteiger partial charge in [0.05, 0.1) is 11.5 Å². The first-order valence-corrected chi connectivity index (χ1v) is 7.19. The molecule has 0 aromatic rings. The van der Waals surface area contributed by atoms with Gasteiger partial charge in [-0.05, 0) is 33.6 Å². The summed E-state index contributed by atoms with van der Waals surface area (Å²) in [6.45, 7) is 9.22. The highest BCUT2D eigenvalue weighted by atomic mass is 32.1. The highest BCUT2D eigenvalue weighted by Gasteiger charge is 2.14. The maximum atomic E-state index is 11.5. The lowest BCUT2D eigenvalue weighted by Gasteiger charge is -2.19. The standard InChI is InChI=1S/C13H26N2O3S/c1-8(2)12(16)14-10(5)6-7-11(19)15-13(17)18-9(3)4/h8-11,19H,6-7H2,1-5H3,(H,14,16)(H,15,17). The van der Waals surface area contributed by atoms with E-state index in [2.05, 4.69) is 23.3 Å². The molecular weight excluding hydrogens is 264 g/mol. The quantitative estimate of drug-likeness (QED) is 0.498. The first-order valence-electron chi connectivity index (χ1n) is 6.68. The van der Waals surface area contributed by atoms with Gasteiger partial charge >= 0.3 is 6.09 Å². The molecule has 0 aromatic heterocycles. The molecule has 0 saturated heterocycles. The zero-order valence-corrected chi connectivity index (χ0v) is 13.3. The molecule has 6 heteroatoms. The van der Waals surface area contributed by atoms with E-state index in [1.807, 2.05) is 20.8 Å². The van der Waals surface area contributed by atoms with Crippen molar-refractivity contribution in [2.45, 2.75) is 65.0 Å². The summed E-state index contributed by atoms with van der Waals surface area (Å²) in [6, 6.07) is 0.0625. The van der Waals surface area contributed by atoms with Gasteiger partial charge in [-0.15, -0.1) is 0 Å². The average Bonchev–Trinajstić information content (AvgIpc) is 2.24. The molecule has 19 heavy (non-hydrogen) atoms. The van der Waals surface area contributed by atoms with Crippen molar-refractivity contribution in [3.05, 3.63) is 0 Å². The van der Waals surface area contributed by atoms with Crippen molar-refractivity contribution >= 4 is 24.6 Å². The molecule has 0 fully saturated rings. The molecule has 0 aromatic carbocycles. The molecule has 0 rings (SSSR count). The molecule has 0 heterocycles. The van der Waals surface area contributed by atoms with Crippen LogP contribution in [0.2, 0.25) is 0 Å². The Hall–Kier alpha value is -0.910. The van der Waals surface area contributed by atoms with E-state index in [9.17, 15) is 9.59 Å². The summed E-state index contributed by atoms with van der Waals surface area (Å²) in [4.78, 5) is 22.8. The minimum atomic E-state index is -0.464. The average molecular weight is 290 g/mol. The fourth-order valence-electron chi connectivity index (χ4n) is 1.35. The molecule has 0 saturated carbocycles. The number of rotatable bonds is 7. The molecule has 0 radical (unpaired) electrons. The van der Waals surface area contributed by atoms with E-state index in [1.165, 1.54) is 0 Å². The van der Waals surface area contributed by atoms with Crippen LogP contribution in [0.1, 0.15) is 47.5 Å². The lowest BCUT2D eigenvalue weighted by molar-refractivity contribution is -0.124. The van der Waals surface area contributed by atoms with Gasteiger partial charge in [0.1, 0.15) is 0 Å². The van der Waals surface area contributed by atoms with E-state index in [0.717, 1.165) is 6.42 Å². The summed E-state index contributed by atoms with van der Waals surface area (Å²) in [6.07, 6.45) is 0.795. The molecule has 2 amide bonds. The van der Waals surface area contributed by atoms with Gasteiger partial charge in [0.25, 0.3) is 0 Å². The highest BCUT2D eigenvalue weighted by molar-refractivity contribution is 7.80. The smallest absolute Gasteiger partial charge is 0.408 e. The van der Waals surface area contributed by atoms with Crippen LogP contribution in [-0.2, 0) is 9.53 Å². The van der Waals surface area contributed by atoms with E-state index in [4.69, 9.17) is 4.74 Å². The number of amides is 2. The Labute approximate surface area is 121 Å². The largest absolute Gasteiger partial charge is 0.447 e. The minimum absolute atomic E-state index is 0.0200. The number of hydrogen-bond acceptors (Lipinski definition) is 4. The lowest BCUT2D eigenvalue weighted by Crippen LogP contribution is -2.37. The molecule has 2 atom stereocenters. The molecular formula is C13H26N2O3S. The molecule has 5 nitrogen and oxygen atoms in total. The molecule has 0 bridgehead atoms. The fourth-order valence-corrected chi connectivity index (χ4v) is 1.60. The maximum absolute atomic E-state index is 11.5. The van der Waals surface area contributed by atoms with Crippen molar-refractivity contribution in [3.63, 3.8) is 0 Å². The monoisotopic (exact) mass is 290 g/mol. The molecule has 0 aliphatic rings. The van der Waals surface area contributed by atoms with Crippen molar-refractivity contribution in [2.75, 3.05) is 0 Å². The van der Waals surface area contributed by atoms with Crippen molar-refractivity contribution in [2.24, 2.45) is 5.92 Å². The summed E-state index contributed by atoms with van der Waals surface area (Å²) >= 11 is 4.27. The molecule has 2 N–H and O–H groups in total. The van der Waals surface area contributed by atoms with Gasteiger partial charge in [0, 0.05) is 12.0 Å². The van der Waals surface area contributed by atoms with Crippen LogP contribution in [0.25, 0.3) is 0 Å². The number of nitrogens with one attached hydrogen (secondary N) is 2. The van der Waals surface area contributed by atoms with Crippen LogP contribution in [0, 0.1) is 5.92 Å². The molecule has 0 aliphatic carbocycles. The van der Waals surface area contributed by atoms with Gasteiger partial charge < -0.3 is 15.4 Å². The van der Waals surface area contributed by atoms with E-state index in [-0.39, 0.29) is 29.3 Å². The third kappa shape index (κ3) is 9.64. The van der Waals surface area contributed by atoms with Crippen LogP contribution >= 0.6 is 12.6 Å². The normalized spacial score (nSPS) is 14.1. The van der Waals surface area contributed by atoms with Crippen molar-refractivity contribution in [1.82, 2.24) is 10.6 Å². The predicted molar refractivity (Wildman–Crippen MR) is 79.2 cm³/mol. The summed E-state index contributed by atoms with van der Waals surface area (Å²) in [5.74, 6) is 0.0174. The van der Waals surface area contributed by atoms with Crippen LogP contribution in [0.15, 0.2) is 0 Å². The van der Waals surface area contributed by atoms with Crippen LogP contribution in [0.3, 0.4) is 0 Å². The van der Waals surface area contributed by atoms with Crippen LogP contribution in [0.5, 0.6) is 0 Å². The maximum Gasteiger partial charge on any atom is 0.408 e. The second-order valence-corrected chi connectivity index (χ2v) is 5.88. The minimum Gasteiger partial charge on any atom is -0.447 e. The van der Waals surface area contributed by atoms with Crippen LogP contribution in [-0.4, -0.2) is 29.5 Å². The number of carbonyl (C=O) groups is 2. The Kier molecular flexibility index (Phi) is 8.63. The zero-order chi connectivity index (χ0) is 15.0. The van der Waals surface area contributed by atoms with Crippen LogP contribution in [0.4, 0.5) is 4.79 Å². The SMILES string of the molecule is CC(CCC(S)NC(=O)OC(C)C)NC(=O)C(C)C. The first kappa shape index (κ1) is 18.1. The fraction of sp³-hybridized carbons (Fsp3) is 0.846. The molecule has 0 aliphatic heterocycles. The first-order chi connectivity index (χ1) is 8.72. The van der Waals surface area contributed by atoms with Crippen molar-refractivity contribution in [1.29, 1.82) is 0 Å². The van der Waals surface area contributed by atoms with Crippen molar-refractivity contribution in [3.8, 4) is 0 Å². The summed E-state index contributed by atoms with van der Waals surface area (Å²) in [5, 5.41) is 5.26. The van der Waals surface area contributed by atoms with E-state index >= 15 is 0 Å². The third-order valence-electron chi connectivity index (χ3n) is 2.41. The third-order valence-corrected chi connectivity index (χ3v) is 2.80. The molecule has 0 spiro atoms. The second-order valence-electron chi connectivity index (χ2n) is 5.26. The molecule has 2 unspecified atom stereocenters. The topological polar surface area (TPSA) is 67.4 Å². The molecule has 112 valence electrons. The predicted octanol–water partition coefficient (Wildman–Crippen LogP) is 2.32. The van der Waals surface area contributed by atoms with Gasteiger partial charge in [-0.2, -0.15) is 12.6 Å². The zero-order valence-electron chi connectivity index (χ0n) is 12.4. The van der Waals surface area contributed by atoms with Gasteiger partial charge in [-0.1, -0.05) is 13.8 Å². The van der Waals surface area contributed by atoms with Gasteiger partial charge in [-0.3, -0.25) is 4.79 Å². The van der Waals surface area contributed by atoms with Gasteiger partial charge in [0.2, 0.25) is 5.91 Å². The lowest BCUT2D eigenvalue weighted by atomic mass is 10.1. The van der Waals surface area contributed by atoms with E-state index in [0.29, 0.717) is 6.42 Å². The number of hydrogen-bond donors (Lipinski definition) is 3. The number of ether oxygens (including phenoxy) is 1. The second kappa shape index (κ2) is 9.07. The Bertz CT molecular complexity index is 296. The Morgan fingerprint density at radius 2 is 1.63 bits per heavy atom. The number of thiol groups is 1. The van der Waals surface area contributed by atoms with Crippen molar-refractivity contribution < 1.29 is 14.3 Å². The Balaban J connectivity index is 3.86. The Morgan fingerprint density at radius 3 is 2.11 bits per heavy atom. The number of alkyl carbamates (subject to hydrolysis) is 1. The summed E-state index contributed by atoms with van der Waals surface area (Å²) < 4.78 is 4.96. The summed E-state index contributed by atoms with van der Waals surface area (Å²) in [7, 11) is 0. The van der Waals surface area contributed by atoms with Gasteiger partial charge in [-0.25, -0.2) is 4.79 Å². The number of carbonyl (C=O) groups excluding carboxylic acids is 2. The van der Waals surface area contributed by atoms with Gasteiger partial charge in [0.15, 0.2) is 0 Å². The Morgan fingerprint density at radius 1 is 1.05 bits per heavy atom. The van der Waals surface area contributed by atoms with E-state index < -0.39 is 6.09 Å². The highest BCUT2D eigenvalue weighted by Crippen LogP contribution is 2.06. The van der Waals surface area contributed by atoms with Crippen LogP contribution < -0.4 is 10.6 Å².